The molecule has 2 aliphatic rings. The molecule has 0 amide bonds. The predicted octanol–water partition coefficient (Wildman–Crippen LogP) is 3.09. The van der Waals surface area contributed by atoms with Gasteiger partial charge in [-0.2, -0.15) is 0 Å². The first-order valence-electron chi connectivity index (χ1n) is 9.23. The van der Waals surface area contributed by atoms with Gasteiger partial charge in [-0.1, -0.05) is 33.1 Å². The number of nitrogens with two attached hydrogens (primary N) is 1. The Bertz CT molecular complexity index is 609. The molecule has 4 N–H and O–H groups in total. The van der Waals surface area contributed by atoms with Crippen LogP contribution in [0.25, 0.3) is 0 Å². The Morgan fingerprint density at radius 2 is 1.96 bits per heavy atom. The number of benzene rings is 1. The van der Waals surface area contributed by atoms with Crippen molar-refractivity contribution in [2.24, 2.45) is 16.1 Å². The van der Waals surface area contributed by atoms with Crippen LogP contribution in [0.15, 0.2) is 23.2 Å². The molecule has 0 aromatic heterocycles. The van der Waals surface area contributed by atoms with Crippen LogP contribution in [0.1, 0.15) is 46.0 Å². The Kier molecular flexibility index (Phi) is 5.68. The van der Waals surface area contributed by atoms with Crippen molar-refractivity contribution in [2.75, 3.05) is 25.2 Å². The van der Waals surface area contributed by atoms with Crippen LogP contribution in [0, 0.1) is 5.41 Å². The van der Waals surface area contributed by atoms with Crippen molar-refractivity contribution in [1.82, 2.24) is 5.32 Å². The van der Waals surface area contributed by atoms with Crippen LogP contribution in [0.3, 0.4) is 0 Å². The van der Waals surface area contributed by atoms with Crippen molar-refractivity contribution in [1.29, 1.82) is 0 Å². The molecule has 6 heteroatoms. The molecule has 0 atom stereocenters. The van der Waals surface area contributed by atoms with Gasteiger partial charge in [-0.05, 0) is 36.9 Å². The number of hydrogen-bond acceptors (Lipinski definition) is 4. The third-order valence-electron chi connectivity index (χ3n) is 4.80. The van der Waals surface area contributed by atoms with Gasteiger partial charge < -0.3 is 25.8 Å². The first kappa shape index (κ1) is 17.9. The molecule has 1 aliphatic heterocycles. The van der Waals surface area contributed by atoms with Gasteiger partial charge in [0.15, 0.2) is 17.5 Å². The third-order valence-corrected chi connectivity index (χ3v) is 4.80. The zero-order valence-corrected chi connectivity index (χ0v) is 15.3. The van der Waals surface area contributed by atoms with E-state index in [1.807, 2.05) is 18.2 Å². The number of ether oxygens (including phenoxy) is 2. The Morgan fingerprint density at radius 3 is 2.72 bits per heavy atom. The molecule has 25 heavy (non-hydrogen) atoms. The SMILES string of the molecule is CC(C)(CN)CN=C(Nc1ccc2c(c1)OCO2)NC1CCCCC1. The fourth-order valence-electron chi connectivity index (χ4n) is 3.03. The lowest BCUT2D eigenvalue weighted by Crippen LogP contribution is -2.41. The summed E-state index contributed by atoms with van der Waals surface area (Å²) in [5, 5.41) is 7.01. The van der Waals surface area contributed by atoms with E-state index in [0.29, 0.717) is 19.1 Å². The third kappa shape index (κ3) is 5.01. The first-order chi connectivity index (χ1) is 12.1. The van der Waals surface area contributed by atoms with Crippen LogP contribution < -0.4 is 25.8 Å². The molecule has 0 radical (unpaired) electrons. The van der Waals surface area contributed by atoms with E-state index in [9.17, 15) is 0 Å². The molecule has 3 rings (SSSR count). The number of nitrogens with zero attached hydrogens (tertiary/aromatic N) is 1. The maximum atomic E-state index is 5.85. The highest BCUT2D eigenvalue weighted by Gasteiger charge is 2.19. The molecule has 1 aliphatic carbocycles. The van der Waals surface area contributed by atoms with Crippen LogP contribution >= 0.6 is 0 Å². The van der Waals surface area contributed by atoms with Crippen LogP contribution in [0.2, 0.25) is 0 Å². The molecule has 1 aromatic rings. The highest BCUT2D eigenvalue weighted by molar-refractivity contribution is 5.94. The largest absolute Gasteiger partial charge is 0.454 e. The summed E-state index contributed by atoms with van der Waals surface area (Å²) in [6.45, 7) is 5.84. The van der Waals surface area contributed by atoms with E-state index < -0.39 is 0 Å². The van der Waals surface area contributed by atoms with Gasteiger partial charge in [-0.3, -0.25) is 4.99 Å². The lowest BCUT2D eigenvalue weighted by Gasteiger charge is -2.26. The summed E-state index contributed by atoms with van der Waals surface area (Å²) in [7, 11) is 0. The van der Waals surface area contributed by atoms with E-state index in [1.165, 1.54) is 32.1 Å². The van der Waals surface area contributed by atoms with E-state index in [-0.39, 0.29) is 12.2 Å². The van der Waals surface area contributed by atoms with Crippen LogP contribution in [-0.2, 0) is 0 Å². The van der Waals surface area contributed by atoms with Gasteiger partial charge in [0.05, 0.1) is 0 Å². The topological polar surface area (TPSA) is 80.9 Å². The number of rotatable bonds is 5. The maximum absolute atomic E-state index is 5.85. The van der Waals surface area contributed by atoms with Gasteiger partial charge in [0.25, 0.3) is 0 Å². The van der Waals surface area contributed by atoms with E-state index in [1.54, 1.807) is 0 Å². The second kappa shape index (κ2) is 7.95. The molecule has 1 aromatic carbocycles. The van der Waals surface area contributed by atoms with E-state index in [4.69, 9.17) is 20.2 Å². The lowest BCUT2D eigenvalue weighted by molar-refractivity contribution is 0.174. The monoisotopic (exact) mass is 346 g/mol. The van der Waals surface area contributed by atoms with Crippen molar-refractivity contribution >= 4 is 11.6 Å². The minimum atomic E-state index is -0.0178. The minimum absolute atomic E-state index is 0.0178. The van der Waals surface area contributed by atoms with Gasteiger partial charge in [0.2, 0.25) is 6.79 Å². The molecule has 6 nitrogen and oxygen atoms in total. The number of anilines is 1. The second-order valence-electron chi connectivity index (χ2n) is 7.71. The predicted molar refractivity (Wildman–Crippen MR) is 101 cm³/mol. The minimum Gasteiger partial charge on any atom is -0.454 e. The lowest BCUT2D eigenvalue weighted by atomic mass is 9.94. The Balaban J connectivity index is 1.71. The number of aliphatic imine (C=N–C) groups is 1. The summed E-state index contributed by atoms with van der Waals surface area (Å²) in [5.74, 6) is 2.37. The molecule has 1 fully saturated rings. The van der Waals surface area contributed by atoms with Crippen molar-refractivity contribution in [2.45, 2.75) is 52.0 Å². The first-order valence-corrected chi connectivity index (χ1v) is 9.23. The zero-order valence-electron chi connectivity index (χ0n) is 15.3. The van der Waals surface area contributed by atoms with Crippen molar-refractivity contribution < 1.29 is 9.47 Å². The van der Waals surface area contributed by atoms with Gasteiger partial charge in [-0.25, -0.2) is 0 Å². The zero-order chi connectivity index (χ0) is 17.7. The summed E-state index contributed by atoms with van der Waals surface area (Å²) >= 11 is 0. The highest BCUT2D eigenvalue weighted by atomic mass is 16.7. The summed E-state index contributed by atoms with van der Waals surface area (Å²) in [6, 6.07) is 6.34. The maximum Gasteiger partial charge on any atom is 0.231 e. The molecule has 0 unspecified atom stereocenters. The number of nitrogens with one attached hydrogen (secondary N) is 2. The average molecular weight is 346 g/mol. The molecular weight excluding hydrogens is 316 g/mol. The van der Waals surface area contributed by atoms with Gasteiger partial charge in [0.1, 0.15) is 0 Å². The fourth-order valence-corrected chi connectivity index (χ4v) is 3.03. The van der Waals surface area contributed by atoms with Crippen LogP contribution in [-0.4, -0.2) is 31.9 Å². The molecule has 1 heterocycles. The van der Waals surface area contributed by atoms with Crippen LogP contribution in [0.5, 0.6) is 11.5 Å². The number of hydrogen-bond donors (Lipinski definition) is 3. The number of fused-ring (bicyclic) bond motifs is 1. The summed E-state index contributed by atoms with van der Waals surface area (Å²) < 4.78 is 10.8. The summed E-state index contributed by atoms with van der Waals surface area (Å²) in [6.07, 6.45) is 6.29. The van der Waals surface area contributed by atoms with E-state index >= 15 is 0 Å². The van der Waals surface area contributed by atoms with Gasteiger partial charge in [0, 0.05) is 24.3 Å². The molecule has 0 bridgehead atoms. The Labute approximate surface area is 150 Å². The van der Waals surface area contributed by atoms with Crippen LogP contribution in [0.4, 0.5) is 5.69 Å². The normalized spacial score (nSPS) is 18.3. The van der Waals surface area contributed by atoms with Gasteiger partial charge >= 0.3 is 0 Å². The molecule has 1 saturated carbocycles. The smallest absolute Gasteiger partial charge is 0.231 e. The summed E-state index contributed by atoms with van der Waals surface area (Å²) in [5.41, 5.74) is 6.77. The van der Waals surface area contributed by atoms with Crippen molar-refractivity contribution in [3.05, 3.63) is 18.2 Å². The standard InChI is InChI=1S/C19H30N4O2/c1-19(2,11-20)12-21-18(22-14-6-4-3-5-7-14)23-15-8-9-16-17(10-15)25-13-24-16/h8-10,14H,3-7,11-13,20H2,1-2H3,(H2,21,22,23). The molecular formula is C19H30N4O2. The van der Waals surface area contributed by atoms with E-state index in [0.717, 1.165) is 23.1 Å². The Hall–Kier alpha value is -1.95. The summed E-state index contributed by atoms with van der Waals surface area (Å²) in [4.78, 5) is 4.79. The number of guanidine groups is 1. The molecule has 0 spiro atoms. The highest BCUT2D eigenvalue weighted by Crippen LogP contribution is 2.34. The van der Waals surface area contributed by atoms with Crippen molar-refractivity contribution in [3.8, 4) is 11.5 Å². The second-order valence-corrected chi connectivity index (χ2v) is 7.71. The quantitative estimate of drug-likeness (QED) is 0.564. The molecule has 138 valence electrons. The molecule has 0 saturated heterocycles. The van der Waals surface area contributed by atoms with Crippen molar-refractivity contribution in [3.63, 3.8) is 0 Å². The average Bonchev–Trinajstić information content (AvgIpc) is 3.08. The fraction of sp³-hybridized carbons (Fsp3) is 0.632. The van der Waals surface area contributed by atoms with Gasteiger partial charge in [-0.15, -0.1) is 0 Å². The Morgan fingerprint density at radius 1 is 1.20 bits per heavy atom. The van der Waals surface area contributed by atoms with E-state index in [2.05, 4.69) is 24.5 Å².